The number of hydrogen-bond acceptors (Lipinski definition) is 9. The lowest BCUT2D eigenvalue weighted by atomic mass is 10.2. The topological polar surface area (TPSA) is 189 Å². The molecule has 0 saturated carbocycles. The summed E-state index contributed by atoms with van der Waals surface area (Å²) in [7, 11) is 0. The summed E-state index contributed by atoms with van der Waals surface area (Å²) in [6.07, 6.45) is 4.89. The van der Waals surface area contributed by atoms with Crippen LogP contribution in [-0.4, -0.2) is 38.8 Å². The number of anilines is 1. The van der Waals surface area contributed by atoms with Gasteiger partial charge in [-0.15, -0.1) is 11.8 Å². The van der Waals surface area contributed by atoms with Crippen molar-refractivity contribution in [2.24, 2.45) is 5.73 Å². The highest BCUT2D eigenvalue weighted by atomic mass is 32.2. The predicted octanol–water partition coefficient (Wildman–Crippen LogP) is 1.42. The lowest BCUT2D eigenvalue weighted by molar-refractivity contribution is -0.134. The molecule has 10 nitrogen and oxygen atoms in total. The largest absolute Gasteiger partial charge is 0.478 e. The maximum atomic E-state index is 9.55. The molecule has 0 bridgehead atoms. The van der Waals surface area contributed by atoms with E-state index in [1.54, 1.807) is 18.3 Å². The number of thioether (sulfide) groups is 1. The van der Waals surface area contributed by atoms with Gasteiger partial charge in [0.2, 0.25) is 0 Å². The molecule has 0 saturated heterocycles. The van der Waals surface area contributed by atoms with Gasteiger partial charge < -0.3 is 26.2 Å². The summed E-state index contributed by atoms with van der Waals surface area (Å²) in [5.74, 6) is -1.40. The number of nitriles is 1. The third-order valence-corrected chi connectivity index (χ3v) is 4.19. The summed E-state index contributed by atoms with van der Waals surface area (Å²) in [6.45, 7) is 0.515. The van der Waals surface area contributed by atoms with Gasteiger partial charge in [-0.2, -0.15) is 5.26 Å². The molecular formula is C16H17N5O5S. The van der Waals surface area contributed by atoms with Crippen molar-refractivity contribution in [3.8, 4) is 6.07 Å². The maximum absolute atomic E-state index is 9.55. The highest BCUT2D eigenvalue weighted by molar-refractivity contribution is 7.99. The number of carbonyl (C=O) groups is 2. The van der Waals surface area contributed by atoms with Gasteiger partial charge in [-0.05, 0) is 19.0 Å². The first-order valence-corrected chi connectivity index (χ1v) is 8.32. The first-order chi connectivity index (χ1) is 12.9. The standard InChI is InChI=1S/C12H13N5OS.C4H4O4/c13-3-1-10(9-2-4-17-18-9)19-11-5-12(15)16-7-8(11)6-14;5-3(6)1-2-4(7)8/h2,4-5,7,10H,1,3,13H2,(H2,15,16);1-2H,(H,5,6)(H,7,8)/b;2-1+/t10-;/m1./s1. The summed E-state index contributed by atoms with van der Waals surface area (Å²) in [5.41, 5.74) is 11.8. The monoisotopic (exact) mass is 391 g/mol. The van der Waals surface area contributed by atoms with Gasteiger partial charge in [0.05, 0.1) is 17.0 Å². The number of aromatic nitrogens is 2. The maximum Gasteiger partial charge on any atom is 0.328 e. The molecule has 0 aromatic carbocycles. The molecule has 0 spiro atoms. The van der Waals surface area contributed by atoms with Crippen LogP contribution in [-0.2, 0) is 9.59 Å². The normalized spacial score (nSPS) is 11.3. The zero-order valence-electron chi connectivity index (χ0n) is 14.0. The van der Waals surface area contributed by atoms with Gasteiger partial charge in [-0.1, -0.05) is 5.16 Å². The van der Waals surface area contributed by atoms with Gasteiger partial charge in [-0.25, -0.2) is 14.6 Å². The smallest absolute Gasteiger partial charge is 0.328 e. The quantitative estimate of drug-likeness (QED) is 0.394. The minimum absolute atomic E-state index is 0.00130. The molecule has 0 aliphatic carbocycles. The molecule has 2 heterocycles. The number of nitrogens with two attached hydrogens (primary N) is 2. The van der Waals surface area contributed by atoms with E-state index < -0.39 is 11.9 Å². The van der Waals surface area contributed by atoms with Crippen LogP contribution >= 0.6 is 11.8 Å². The molecule has 2 aromatic heterocycles. The van der Waals surface area contributed by atoms with Crippen molar-refractivity contribution < 1.29 is 24.3 Å². The highest BCUT2D eigenvalue weighted by Crippen LogP contribution is 2.39. The molecule has 0 amide bonds. The Morgan fingerprint density at radius 1 is 1.37 bits per heavy atom. The lowest BCUT2D eigenvalue weighted by Gasteiger charge is -2.13. The summed E-state index contributed by atoms with van der Waals surface area (Å²) in [6, 6.07) is 5.58. The van der Waals surface area contributed by atoms with Crippen molar-refractivity contribution in [3.05, 3.63) is 48.0 Å². The molecule has 2 rings (SSSR count). The summed E-state index contributed by atoms with van der Waals surface area (Å²) >= 11 is 1.48. The SMILES string of the molecule is N#Cc1cnc(N)cc1S[C@H](CCN)c1ccno1.O=C(O)/C=C/C(=O)O. The number of hydrogen-bond donors (Lipinski definition) is 4. The molecule has 142 valence electrons. The van der Waals surface area contributed by atoms with E-state index in [-0.39, 0.29) is 5.25 Å². The molecule has 1 atom stereocenters. The Morgan fingerprint density at radius 2 is 2.04 bits per heavy atom. The van der Waals surface area contributed by atoms with Crippen LogP contribution in [0.3, 0.4) is 0 Å². The summed E-state index contributed by atoms with van der Waals surface area (Å²) < 4.78 is 5.17. The molecular weight excluding hydrogens is 374 g/mol. The van der Waals surface area contributed by atoms with Crippen LogP contribution in [0.1, 0.15) is 23.0 Å². The second kappa shape index (κ2) is 11.3. The molecule has 0 radical (unpaired) electrons. The van der Waals surface area contributed by atoms with Crippen LogP contribution in [0.25, 0.3) is 0 Å². The number of carboxylic acids is 2. The zero-order valence-corrected chi connectivity index (χ0v) is 14.8. The Hall–Kier alpha value is -3.36. The molecule has 11 heteroatoms. The number of nitrogen functional groups attached to an aromatic ring is 1. The van der Waals surface area contributed by atoms with Gasteiger partial charge in [0, 0.05) is 29.3 Å². The van der Waals surface area contributed by atoms with Crippen LogP contribution in [0.15, 0.2) is 46.1 Å². The van der Waals surface area contributed by atoms with Crippen molar-refractivity contribution in [1.29, 1.82) is 5.26 Å². The molecule has 0 fully saturated rings. The third kappa shape index (κ3) is 8.04. The van der Waals surface area contributed by atoms with E-state index in [0.717, 1.165) is 10.7 Å². The highest BCUT2D eigenvalue weighted by Gasteiger charge is 2.18. The Morgan fingerprint density at radius 3 is 2.52 bits per heavy atom. The Bertz CT molecular complexity index is 816. The molecule has 27 heavy (non-hydrogen) atoms. The van der Waals surface area contributed by atoms with E-state index in [1.165, 1.54) is 18.0 Å². The molecule has 6 N–H and O–H groups in total. The van der Waals surface area contributed by atoms with Crippen LogP contribution in [0.4, 0.5) is 5.82 Å². The van der Waals surface area contributed by atoms with Gasteiger partial charge in [-0.3, -0.25) is 0 Å². The number of nitrogens with zero attached hydrogens (tertiary/aromatic N) is 3. The fraction of sp³-hybridized carbons (Fsp3) is 0.188. The third-order valence-electron chi connectivity index (χ3n) is 2.85. The van der Waals surface area contributed by atoms with E-state index in [2.05, 4.69) is 16.2 Å². The first-order valence-electron chi connectivity index (χ1n) is 7.44. The second-order valence-corrected chi connectivity index (χ2v) is 6.07. The van der Waals surface area contributed by atoms with Crippen molar-refractivity contribution in [2.45, 2.75) is 16.6 Å². The Balaban J connectivity index is 0.000000387. The van der Waals surface area contributed by atoms with Crippen molar-refractivity contribution in [3.63, 3.8) is 0 Å². The van der Waals surface area contributed by atoms with Crippen LogP contribution < -0.4 is 11.5 Å². The van der Waals surface area contributed by atoms with E-state index in [1.807, 2.05) is 0 Å². The second-order valence-electron chi connectivity index (χ2n) is 4.83. The fourth-order valence-corrected chi connectivity index (χ4v) is 2.94. The minimum atomic E-state index is -1.26. The van der Waals surface area contributed by atoms with Crippen molar-refractivity contribution in [2.75, 3.05) is 12.3 Å². The van der Waals surface area contributed by atoms with Crippen molar-refractivity contribution in [1.82, 2.24) is 10.1 Å². The van der Waals surface area contributed by atoms with E-state index in [4.69, 9.17) is 31.5 Å². The minimum Gasteiger partial charge on any atom is -0.478 e. The number of aliphatic carboxylic acids is 2. The molecule has 0 aliphatic heterocycles. The van der Waals surface area contributed by atoms with Gasteiger partial charge in [0.15, 0.2) is 0 Å². The molecule has 2 aromatic rings. The van der Waals surface area contributed by atoms with Crippen LogP contribution in [0.2, 0.25) is 0 Å². The molecule has 0 aliphatic rings. The number of pyridine rings is 1. The van der Waals surface area contributed by atoms with Crippen LogP contribution in [0.5, 0.6) is 0 Å². The molecule has 0 unspecified atom stereocenters. The lowest BCUT2D eigenvalue weighted by Crippen LogP contribution is -2.05. The Kier molecular flexibility index (Phi) is 9.07. The van der Waals surface area contributed by atoms with E-state index in [0.29, 0.717) is 36.5 Å². The van der Waals surface area contributed by atoms with Gasteiger partial charge in [0.1, 0.15) is 17.6 Å². The van der Waals surface area contributed by atoms with Gasteiger partial charge in [0.25, 0.3) is 0 Å². The van der Waals surface area contributed by atoms with Crippen molar-refractivity contribution >= 4 is 29.5 Å². The average Bonchev–Trinajstić information content (AvgIpc) is 3.15. The van der Waals surface area contributed by atoms with Crippen LogP contribution in [0, 0.1) is 11.3 Å². The summed E-state index contributed by atoms with van der Waals surface area (Å²) in [4.78, 5) is 23.8. The Labute approximate surface area is 158 Å². The zero-order chi connectivity index (χ0) is 20.2. The summed E-state index contributed by atoms with van der Waals surface area (Å²) in [5, 5.41) is 28.4. The van der Waals surface area contributed by atoms with E-state index in [9.17, 15) is 9.59 Å². The number of carboxylic acid groups (broad SMARTS) is 2. The first kappa shape index (κ1) is 21.7. The van der Waals surface area contributed by atoms with Gasteiger partial charge >= 0.3 is 11.9 Å². The average molecular weight is 391 g/mol. The fourth-order valence-electron chi connectivity index (χ4n) is 1.73. The van der Waals surface area contributed by atoms with E-state index >= 15 is 0 Å². The predicted molar refractivity (Wildman–Crippen MR) is 96.5 cm³/mol. The number of rotatable bonds is 7.